The summed E-state index contributed by atoms with van der Waals surface area (Å²) < 4.78 is 2.10. The number of nitrogens with one attached hydrogen (secondary N) is 1. The lowest BCUT2D eigenvalue weighted by molar-refractivity contribution is 0.509. The highest BCUT2D eigenvalue weighted by atomic mass is 15.3. The molecule has 0 bridgehead atoms. The monoisotopic (exact) mass is 272 g/mol. The molecule has 20 heavy (non-hydrogen) atoms. The molecule has 0 aliphatic heterocycles. The fourth-order valence-corrected chi connectivity index (χ4v) is 2.45. The van der Waals surface area contributed by atoms with Crippen molar-refractivity contribution >= 4 is 0 Å². The lowest BCUT2D eigenvalue weighted by Gasteiger charge is -2.21. The zero-order valence-electron chi connectivity index (χ0n) is 12.6. The molecule has 4 nitrogen and oxygen atoms in total. The zero-order chi connectivity index (χ0) is 14.4. The largest absolute Gasteiger partial charge is 0.305 e. The van der Waals surface area contributed by atoms with Crippen molar-refractivity contribution in [3.63, 3.8) is 0 Å². The van der Waals surface area contributed by atoms with Crippen LogP contribution in [0.25, 0.3) is 0 Å². The van der Waals surface area contributed by atoms with Crippen molar-refractivity contribution in [2.24, 2.45) is 0 Å². The van der Waals surface area contributed by atoms with Crippen molar-refractivity contribution in [3.05, 3.63) is 47.5 Å². The van der Waals surface area contributed by atoms with Gasteiger partial charge in [0.25, 0.3) is 0 Å². The standard InChI is InChI=1S/C16H24N4/c1-4-9-18-16(14-7-6-10-17-13(14)3)15-8-11-19-20(15)12-5-2/h6-8,10-11,16,18H,4-5,9,12H2,1-3H3. The minimum absolute atomic E-state index is 0.165. The van der Waals surface area contributed by atoms with Crippen molar-refractivity contribution in [2.75, 3.05) is 6.54 Å². The Balaban J connectivity index is 2.37. The molecule has 0 saturated carbocycles. The molecule has 1 atom stereocenters. The molecule has 0 fully saturated rings. The fourth-order valence-electron chi connectivity index (χ4n) is 2.45. The van der Waals surface area contributed by atoms with E-state index in [0.29, 0.717) is 0 Å². The SMILES string of the molecule is CCCNC(c1cccnc1C)c1ccnn1CCC. The van der Waals surface area contributed by atoms with Gasteiger partial charge in [-0.15, -0.1) is 0 Å². The average molecular weight is 272 g/mol. The average Bonchev–Trinajstić information content (AvgIpc) is 2.90. The fraction of sp³-hybridized carbons (Fsp3) is 0.500. The van der Waals surface area contributed by atoms with E-state index in [-0.39, 0.29) is 6.04 Å². The number of rotatable bonds is 7. The van der Waals surface area contributed by atoms with Gasteiger partial charge in [-0.05, 0) is 44.0 Å². The van der Waals surface area contributed by atoms with Gasteiger partial charge in [0.1, 0.15) is 0 Å². The second-order valence-corrected chi connectivity index (χ2v) is 5.04. The van der Waals surface area contributed by atoms with E-state index >= 15 is 0 Å². The maximum Gasteiger partial charge on any atom is 0.0765 e. The van der Waals surface area contributed by atoms with E-state index in [9.17, 15) is 0 Å². The highest BCUT2D eigenvalue weighted by Gasteiger charge is 2.19. The summed E-state index contributed by atoms with van der Waals surface area (Å²) in [6, 6.07) is 6.43. The maximum absolute atomic E-state index is 4.45. The van der Waals surface area contributed by atoms with Gasteiger partial charge in [0.05, 0.1) is 11.7 Å². The van der Waals surface area contributed by atoms with Crippen molar-refractivity contribution in [1.29, 1.82) is 0 Å². The van der Waals surface area contributed by atoms with Crippen LogP contribution in [0.2, 0.25) is 0 Å². The number of aromatic nitrogens is 3. The van der Waals surface area contributed by atoms with Gasteiger partial charge in [-0.3, -0.25) is 9.67 Å². The van der Waals surface area contributed by atoms with Gasteiger partial charge in [0.15, 0.2) is 0 Å². The van der Waals surface area contributed by atoms with E-state index in [1.807, 2.05) is 18.5 Å². The summed E-state index contributed by atoms with van der Waals surface area (Å²) in [5, 5.41) is 8.07. The van der Waals surface area contributed by atoms with Gasteiger partial charge in [0.2, 0.25) is 0 Å². The van der Waals surface area contributed by atoms with Crippen LogP contribution in [0.5, 0.6) is 0 Å². The van der Waals surface area contributed by atoms with E-state index in [1.54, 1.807) is 0 Å². The predicted molar refractivity (Wildman–Crippen MR) is 81.6 cm³/mol. The second-order valence-electron chi connectivity index (χ2n) is 5.04. The van der Waals surface area contributed by atoms with Gasteiger partial charge in [0, 0.05) is 24.6 Å². The molecular formula is C16H24N4. The molecule has 4 heteroatoms. The number of hydrogen-bond acceptors (Lipinski definition) is 3. The number of hydrogen-bond donors (Lipinski definition) is 1. The van der Waals surface area contributed by atoms with Crippen molar-refractivity contribution in [1.82, 2.24) is 20.1 Å². The summed E-state index contributed by atoms with van der Waals surface area (Å²) in [6.45, 7) is 8.36. The maximum atomic E-state index is 4.45. The molecule has 0 spiro atoms. The first-order valence-corrected chi connectivity index (χ1v) is 7.44. The Kier molecular flexibility index (Phi) is 5.30. The molecule has 0 aliphatic rings. The molecule has 0 aliphatic carbocycles. The minimum atomic E-state index is 0.165. The molecule has 2 aromatic rings. The Hall–Kier alpha value is -1.68. The van der Waals surface area contributed by atoms with Crippen LogP contribution in [0.3, 0.4) is 0 Å². The third-order valence-electron chi connectivity index (χ3n) is 3.44. The van der Waals surface area contributed by atoms with Crippen LogP contribution in [0.1, 0.15) is 49.7 Å². The van der Waals surface area contributed by atoms with Crippen molar-refractivity contribution in [2.45, 2.75) is 46.2 Å². The molecule has 2 rings (SSSR count). The molecule has 0 aromatic carbocycles. The third kappa shape index (κ3) is 3.25. The summed E-state index contributed by atoms with van der Waals surface area (Å²) in [5.41, 5.74) is 3.53. The van der Waals surface area contributed by atoms with Crippen molar-refractivity contribution in [3.8, 4) is 0 Å². The quantitative estimate of drug-likeness (QED) is 0.842. The summed E-state index contributed by atoms with van der Waals surface area (Å²) in [4.78, 5) is 4.42. The molecule has 2 aromatic heterocycles. The molecule has 0 amide bonds. The minimum Gasteiger partial charge on any atom is -0.305 e. The van der Waals surface area contributed by atoms with Gasteiger partial charge in [-0.1, -0.05) is 19.9 Å². The van der Waals surface area contributed by atoms with Crippen molar-refractivity contribution < 1.29 is 0 Å². The Morgan fingerprint density at radius 2 is 2.05 bits per heavy atom. The molecule has 108 valence electrons. The molecular weight excluding hydrogens is 248 g/mol. The van der Waals surface area contributed by atoms with E-state index in [4.69, 9.17) is 0 Å². The van der Waals surface area contributed by atoms with Gasteiger partial charge in [-0.25, -0.2) is 0 Å². The third-order valence-corrected chi connectivity index (χ3v) is 3.44. The van der Waals surface area contributed by atoms with E-state index in [2.05, 4.69) is 53.0 Å². The predicted octanol–water partition coefficient (Wildman–Crippen LogP) is 3.09. The normalized spacial score (nSPS) is 12.6. The van der Waals surface area contributed by atoms with Gasteiger partial charge < -0.3 is 5.32 Å². The van der Waals surface area contributed by atoms with Crippen LogP contribution in [-0.2, 0) is 6.54 Å². The van der Waals surface area contributed by atoms with Gasteiger partial charge >= 0.3 is 0 Å². The Morgan fingerprint density at radius 1 is 1.20 bits per heavy atom. The Morgan fingerprint density at radius 3 is 2.75 bits per heavy atom. The van der Waals surface area contributed by atoms with E-state index in [0.717, 1.165) is 31.6 Å². The molecule has 0 saturated heterocycles. The summed E-state index contributed by atoms with van der Waals surface area (Å²) >= 11 is 0. The van der Waals surface area contributed by atoms with Crippen LogP contribution in [0.4, 0.5) is 0 Å². The number of nitrogens with zero attached hydrogens (tertiary/aromatic N) is 3. The Bertz CT molecular complexity index is 533. The Labute approximate surface area is 121 Å². The molecule has 2 heterocycles. The molecule has 1 N–H and O–H groups in total. The summed E-state index contributed by atoms with van der Waals surface area (Å²) in [7, 11) is 0. The zero-order valence-corrected chi connectivity index (χ0v) is 12.6. The molecule has 0 radical (unpaired) electrons. The second kappa shape index (κ2) is 7.20. The smallest absolute Gasteiger partial charge is 0.0765 e. The topological polar surface area (TPSA) is 42.7 Å². The lowest BCUT2D eigenvalue weighted by atomic mass is 10.0. The van der Waals surface area contributed by atoms with Crippen LogP contribution in [-0.4, -0.2) is 21.3 Å². The van der Waals surface area contributed by atoms with Crippen LogP contribution >= 0.6 is 0 Å². The number of pyridine rings is 1. The van der Waals surface area contributed by atoms with E-state index < -0.39 is 0 Å². The van der Waals surface area contributed by atoms with Gasteiger partial charge in [-0.2, -0.15) is 5.10 Å². The highest BCUT2D eigenvalue weighted by molar-refractivity contribution is 5.30. The first-order valence-electron chi connectivity index (χ1n) is 7.44. The van der Waals surface area contributed by atoms with Crippen LogP contribution < -0.4 is 5.32 Å². The number of aryl methyl sites for hydroxylation is 2. The van der Waals surface area contributed by atoms with Crippen LogP contribution in [0, 0.1) is 6.92 Å². The first kappa shape index (κ1) is 14.7. The van der Waals surface area contributed by atoms with E-state index in [1.165, 1.54) is 11.3 Å². The molecule has 1 unspecified atom stereocenters. The highest BCUT2D eigenvalue weighted by Crippen LogP contribution is 2.23. The lowest BCUT2D eigenvalue weighted by Crippen LogP contribution is -2.26. The van der Waals surface area contributed by atoms with Crippen LogP contribution in [0.15, 0.2) is 30.6 Å². The first-order chi connectivity index (χ1) is 9.77. The summed E-state index contributed by atoms with van der Waals surface area (Å²) in [5.74, 6) is 0. The summed E-state index contributed by atoms with van der Waals surface area (Å²) in [6.07, 6.45) is 5.93.